The van der Waals surface area contributed by atoms with E-state index in [-0.39, 0.29) is 23.9 Å². The predicted octanol–water partition coefficient (Wildman–Crippen LogP) is 3.10. The molecule has 5 heteroatoms. The molecule has 2 aliphatic heterocycles. The van der Waals surface area contributed by atoms with E-state index in [4.69, 9.17) is 4.74 Å². The number of carbonyl (C=O) groups is 1. The maximum absolute atomic E-state index is 13.3. The lowest BCUT2D eigenvalue weighted by Gasteiger charge is -2.29. The van der Waals surface area contributed by atoms with Crippen molar-refractivity contribution in [2.24, 2.45) is 0 Å². The van der Waals surface area contributed by atoms with Crippen molar-refractivity contribution in [1.29, 1.82) is 0 Å². The average Bonchev–Trinajstić information content (AvgIpc) is 3.10. The lowest BCUT2D eigenvalue weighted by molar-refractivity contribution is -0.144. The molecule has 0 spiro atoms. The first kappa shape index (κ1) is 14.5. The minimum absolute atomic E-state index is 0.0152. The zero-order valence-electron chi connectivity index (χ0n) is 13.0. The Morgan fingerprint density at radius 1 is 1.39 bits per heavy atom. The van der Waals surface area contributed by atoms with E-state index < -0.39 is 0 Å². The van der Waals surface area contributed by atoms with Crippen molar-refractivity contribution in [2.45, 2.75) is 31.9 Å². The fourth-order valence-corrected chi connectivity index (χ4v) is 3.61. The number of rotatable bonds is 2. The van der Waals surface area contributed by atoms with Crippen LogP contribution in [0.5, 0.6) is 0 Å². The minimum atomic E-state index is -0.233. The summed E-state index contributed by atoms with van der Waals surface area (Å²) < 4.78 is 18.5. The average molecular weight is 314 g/mol. The number of nitrogens with zero attached hydrogens (tertiary/aromatic N) is 1. The van der Waals surface area contributed by atoms with Crippen molar-refractivity contribution in [3.05, 3.63) is 41.9 Å². The largest absolute Gasteiger partial charge is 0.461 e. The number of aromatic nitrogens is 1. The number of hydrogen-bond acceptors (Lipinski definition) is 3. The molecule has 1 saturated heterocycles. The topological polar surface area (TPSA) is 45.3 Å². The molecule has 1 aromatic carbocycles. The van der Waals surface area contributed by atoms with Gasteiger partial charge in [0.25, 0.3) is 0 Å². The number of esters is 1. The van der Waals surface area contributed by atoms with E-state index in [2.05, 4.69) is 16.0 Å². The van der Waals surface area contributed by atoms with Crippen LogP contribution in [0.4, 0.5) is 4.39 Å². The van der Waals surface area contributed by atoms with Gasteiger partial charge in [-0.15, -0.1) is 0 Å². The third kappa shape index (κ3) is 2.55. The van der Waals surface area contributed by atoms with E-state index in [1.807, 2.05) is 19.2 Å². The number of carbonyl (C=O) groups excluding carboxylic acids is 1. The molecule has 3 heterocycles. The number of aromatic amines is 1. The third-order valence-corrected chi connectivity index (χ3v) is 4.82. The molecule has 0 bridgehead atoms. The molecule has 0 aliphatic carbocycles. The van der Waals surface area contributed by atoms with Gasteiger partial charge < -0.3 is 9.72 Å². The van der Waals surface area contributed by atoms with E-state index in [9.17, 15) is 9.18 Å². The van der Waals surface area contributed by atoms with Crippen molar-refractivity contribution in [3.8, 4) is 0 Å². The highest BCUT2D eigenvalue weighted by Crippen LogP contribution is 2.31. The molecule has 0 radical (unpaired) electrons. The van der Waals surface area contributed by atoms with Gasteiger partial charge in [-0.05, 0) is 37.1 Å². The minimum Gasteiger partial charge on any atom is -0.461 e. The number of H-pyrrole nitrogens is 1. The third-order valence-electron chi connectivity index (χ3n) is 4.82. The van der Waals surface area contributed by atoms with Crippen molar-refractivity contribution in [2.75, 3.05) is 13.1 Å². The maximum atomic E-state index is 13.3. The van der Waals surface area contributed by atoms with Gasteiger partial charge in [0.05, 0.1) is 0 Å². The number of halogens is 1. The molecule has 0 saturated carbocycles. The Kier molecular flexibility index (Phi) is 3.45. The van der Waals surface area contributed by atoms with E-state index in [0.29, 0.717) is 0 Å². The van der Waals surface area contributed by atoms with Crippen LogP contribution in [-0.4, -0.2) is 41.1 Å². The summed E-state index contributed by atoms with van der Waals surface area (Å²) >= 11 is 0. The zero-order valence-corrected chi connectivity index (χ0v) is 13.0. The monoisotopic (exact) mass is 314 g/mol. The molecule has 2 aliphatic rings. The highest BCUT2D eigenvalue weighted by Gasteiger charge is 2.36. The second-order valence-corrected chi connectivity index (χ2v) is 6.37. The van der Waals surface area contributed by atoms with E-state index in [1.165, 1.54) is 17.7 Å². The molecule has 0 unspecified atom stereocenters. The summed E-state index contributed by atoms with van der Waals surface area (Å²) in [7, 11) is 0. The van der Waals surface area contributed by atoms with Crippen LogP contribution in [0.25, 0.3) is 16.5 Å². The first-order valence-corrected chi connectivity index (χ1v) is 8.02. The van der Waals surface area contributed by atoms with Crippen LogP contribution in [0, 0.1) is 5.82 Å². The van der Waals surface area contributed by atoms with E-state index in [0.717, 1.165) is 42.4 Å². The van der Waals surface area contributed by atoms with Gasteiger partial charge in [-0.1, -0.05) is 6.08 Å². The van der Waals surface area contributed by atoms with E-state index >= 15 is 0 Å². The quantitative estimate of drug-likeness (QED) is 0.866. The summed E-state index contributed by atoms with van der Waals surface area (Å²) in [5.74, 6) is -0.333. The van der Waals surface area contributed by atoms with Crippen LogP contribution in [0.3, 0.4) is 0 Å². The first-order chi connectivity index (χ1) is 11.1. The van der Waals surface area contributed by atoms with Crippen molar-refractivity contribution in [1.82, 2.24) is 9.88 Å². The fraction of sp³-hybridized carbons (Fsp3) is 0.389. The summed E-state index contributed by atoms with van der Waals surface area (Å²) in [6.07, 6.45) is 5.78. The standard InChI is InChI=1S/C18H19FN2O2/c1-11-8-17(18(22)23-11)21-6-4-12(5-7-21)15-10-20-16-9-13(19)2-3-14(15)16/h2-4,9-11,17,20H,5-8H2,1H3/t11-,17-/m0/s1. The molecule has 4 nitrogen and oxygen atoms in total. The van der Waals surface area contributed by atoms with Crippen molar-refractivity contribution < 1.29 is 13.9 Å². The normalized spacial score (nSPS) is 25.7. The molecule has 2 aromatic rings. The van der Waals surface area contributed by atoms with Crippen LogP contribution >= 0.6 is 0 Å². The zero-order chi connectivity index (χ0) is 16.0. The lowest BCUT2D eigenvalue weighted by Crippen LogP contribution is -2.41. The van der Waals surface area contributed by atoms with Crippen LogP contribution in [0.15, 0.2) is 30.5 Å². The lowest BCUT2D eigenvalue weighted by atomic mass is 9.97. The molecule has 1 aromatic heterocycles. The Morgan fingerprint density at radius 3 is 2.96 bits per heavy atom. The molecular weight excluding hydrogens is 295 g/mol. The molecule has 23 heavy (non-hydrogen) atoms. The van der Waals surface area contributed by atoms with Crippen LogP contribution < -0.4 is 0 Å². The SMILES string of the molecule is C[C@H]1C[C@H](N2CC=C(c3c[nH]c4cc(F)ccc34)CC2)C(=O)O1. The van der Waals surface area contributed by atoms with Crippen molar-refractivity contribution >= 4 is 22.4 Å². The van der Waals surface area contributed by atoms with Gasteiger partial charge in [-0.2, -0.15) is 0 Å². The Labute approximate surface area is 133 Å². The summed E-state index contributed by atoms with van der Waals surface area (Å²) in [6, 6.07) is 4.72. The predicted molar refractivity (Wildman–Crippen MR) is 86.4 cm³/mol. The van der Waals surface area contributed by atoms with Crippen LogP contribution in [0.1, 0.15) is 25.3 Å². The van der Waals surface area contributed by atoms with Gasteiger partial charge >= 0.3 is 5.97 Å². The Hall–Kier alpha value is -2.14. The fourth-order valence-electron chi connectivity index (χ4n) is 3.61. The molecule has 2 atom stereocenters. The highest BCUT2D eigenvalue weighted by molar-refractivity contribution is 5.92. The number of cyclic esters (lactones) is 1. The molecule has 120 valence electrons. The van der Waals surface area contributed by atoms with Gasteiger partial charge in [0.1, 0.15) is 18.0 Å². The summed E-state index contributed by atoms with van der Waals surface area (Å²) in [4.78, 5) is 17.2. The Bertz CT molecular complexity index is 795. The molecule has 1 fully saturated rings. The first-order valence-electron chi connectivity index (χ1n) is 8.02. The highest BCUT2D eigenvalue weighted by atomic mass is 19.1. The number of fused-ring (bicyclic) bond motifs is 1. The van der Waals surface area contributed by atoms with Gasteiger partial charge in [0, 0.05) is 42.2 Å². The summed E-state index contributed by atoms with van der Waals surface area (Å²) in [5.41, 5.74) is 3.19. The number of hydrogen-bond donors (Lipinski definition) is 1. The van der Waals surface area contributed by atoms with Crippen LogP contribution in [0.2, 0.25) is 0 Å². The summed E-state index contributed by atoms with van der Waals surface area (Å²) in [5, 5.41) is 1.04. The van der Waals surface area contributed by atoms with Gasteiger partial charge in [0.2, 0.25) is 0 Å². The van der Waals surface area contributed by atoms with Gasteiger partial charge in [-0.25, -0.2) is 4.39 Å². The molecule has 4 rings (SSSR count). The van der Waals surface area contributed by atoms with E-state index in [1.54, 1.807) is 0 Å². The number of nitrogens with one attached hydrogen (secondary N) is 1. The maximum Gasteiger partial charge on any atom is 0.323 e. The molecule has 1 N–H and O–H groups in total. The van der Waals surface area contributed by atoms with Gasteiger partial charge in [0.15, 0.2) is 0 Å². The number of benzene rings is 1. The second-order valence-electron chi connectivity index (χ2n) is 6.37. The second kappa shape index (κ2) is 5.49. The smallest absolute Gasteiger partial charge is 0.323 e. The Balaban J connectivity index is 1.56. The van der Waals surface area contributed by atoms with Crippen molar-refractivity contribution in [3.63, 3.8) is 0 Å². The van der Waals surface area contributed by atoms with Gasteiger partial charge in [-0.3, -0.25) is 9.69 Å². The molecular formula is C18H19FN2O2. The number of ether oxygens (including phenoxy) is 1. The Morgan fingerprint density at radius 2 is 2.26 bits per heavy atom. The van der Waals surface area contributed by atoms with Crippen LogP contribution in [-0.2, 0) is 9.53 Å². The summed E-state index contributed by atoms with van der Waals surface area (Å²) in [6.45, 7) is 3.52. The molecule has 0 amide bonds.